The molecule has 2 aliphatic heterocycles. The number of hydrogen-bond acceptors (Lipinski definition) is 6. The van der Waals surface area contributed by atoms with Crippen molar-refractivity contribution in [2.75, 3.05) is 36.0 Å². The fraction of sp³-hybridized carbons (Fsp3) is 0.364. The number of fused-ring (bicyclic) bond motifs is 1. The van der Waals surface area contributed by atoms with E-state index in [1.54, 1.807) is 4.90 Å². The van der Waals surface area contributed by atoms with Crippen molar-refractivity contribution in [3.8, 4) is 0 Å². The minimum Gasteiger partial charge on any atom is -0.445 e. The third kappa shape index (κ3) is 5.06. The average molecular weight is 428 g/mol. The standard InChI is InChI=1S/C22H25N3O4S/c26-20-14-30-19-7-6-17(12-18(19)24-20)23-15-22(28)8-10-25(11-9-22)21(27)29-13-16-4-2-1-3-5-16/h1-7,12,23,28H,8-11,13-15H2,(H,24,26). The Hall–Kier alpha value is -2.71. The minimum absolute atomic E-state index is 0.00481. The summed E-state index contributed by atoms with van der Waals surface area (Å²) in [6, 6.07) is 15.4. The second-order valence-electron chi connectivity index (χ2n) is 7.65. The molecule has 1 saturated heterocycles. The van der Waals surface area contributed by atoms with Gasteiger partial charge in [0.25, 0.3) is 0 Å². The molecule has 8 heteroatoms. The predicted molar refractivity (Wildman–Crippen MR) is 117 cm³/mol. The van der Waals surface area contributed by atoms with E-state index in [9.17, 15) is 14.7 Å². The van der Waals surface area contributed by atoms with E-state index in [4.69, 9.17) is 4.74 Å². The lowest BCUT2D eigenvalue weighted by atomic mass is 9.91. The van der Waals surface area contributed by atoms with E-state index in [0.717, 1.165) is 21.8 Å². The largest absolute Gasteiger partial charge is 0.445 e. The average Bonchev–Trinajstić information content (AvgIpc) is 2.77. The molecule has 158 valence electrons. The molecule has 0 spiro atoms. The number of piperidine rings is 1. The number of anilines is 2. The molecule has 2 aliphatic rings. The Morgan fingerprint density at radius 1 is 1.20 bits per heavy atom. The zero-order valence-electron chi connectivity index (χ0n) is 16.6. The van der Waals surface area contributed by atoms with Crippen molar-refractivity contribution < 1.29 is 19.4 Å². The molecule has 2 aromatic rings. The number of amides is 2. The third-order valence-electron chi connectivity index (χ3n) is 5.39. The van der Waals surface area contributed by atoms with Gasteiger partial charge in [0.15, 0.2) is 0 Å². The number of nitrogens with zero attached hydrogens (tertiary/aromatic N) is 1. The van der Waals surface area contributed by atoms with Crippen molar-refractivity contribution in [3.63, 3.8) is 0 Å². The van der Waals surface area contributed by atoms with Crippen molar-refractivity contribution in [2.45, 2.75) is 29.9 Å². The van der Waals surface area contributed by atoms with E-state index < -0.39 is 5.60 Å². The Balaban J connectivity index is 1.25. The SMILES string of the molecule is O=C1CSc2ccc(NCC3(O)CCN(C(=O)OCc4ccccc4)CC3)cc2N1. The van der Waals surface area contributed by atoms with Crippen LogP contribution in [0.5, 0.6) is 0 Å². The van der Waals surface area contributed by atoms with Gasteiger partial charge in [-0.25, -0.2) is 4.79 Å². The maximum Gasteiger partial charge on any atom is 0.410 e. The number of aliphatic hydroxyl groups is 1. The molecule has 4 rings (SSSR count). The van der Waals surface area contributed by atoms with Gasteiger partial charge in [-0.05, 0) is 36.6 Å². The number of nitrogens with one attached hydrogen (secondary N) is 2. The van der Waals surface area contributed by atoms with E-state index in [-0.39, 0.29) is 18.6 Å². The van der Waals surface area contributed by atoms with Crippen molar-refractivity contribution in [2.24, 2.45) is 0 Å². The number of benzene rings is 2. The van der Waals surface area contributed by atoms with Gasteiger partial charge in [-0.1, -0.05) is 30.3 Å². The second-order valence-corrected chi connectivity index (χ2v) is 8.67. The molecule has 2 aromatic carbocycles. The van der Waals surface area contributed by atoms with Crippen LogP contribution in [0.2, 0.25) is 0 Å². The molecule has 1 fully saturated rings. The smallest absolute Gasteiger partial charge is 0.410 e. The van der Waals surface area contributed by atoms with Crippen LogP contribution < -0.4 is 10.6 Å². The summed E-state index contributed by atoms with van der Waals surface area (Å²) in [5, 5.41) is 17.0. The highest BCUT2D eigenvalue weighted by Gasteiger charge is 2.34. The van der Waals surface area contributed by atoms with E-state index in [1.807, 2.05) is 48.5 Å². The molecule has 2 amide bonds. The molecular formula is C22H25N3O4S. The zero-order valence-corrected chi connectivity index (χ0v) is 17.4. The summed E-state index contributed by atoms with van der Waals surface area (Å²) in [7, 11) is 0. The van der Waals surface area contributed by atoms with Crippen molar-refractivity contribution in [1.82, 2.24) is 4.90 Å². The monoisotopic (exact) mass is 427 g/mol. The molecular weight excluding hydrogens is 402 g/mol. The maximum atomic E-state index is 12.3. The number of ether oxygens (including phenoxy) is 1. The summed E-state index contributed by atoms with van der Waals surface area (Å²) in [4.78, 5) is 26.6. The molecule has 2 heterocycles. The lowest BCUT2D eigenvalue weighted by molar-refractivity contribution is -0.113. The Kier molecular flexibility index (Phi) is 6.15. The second kappa shape index (κ2) is 8.97. The van der Waals surface area contributed by atoms with E-state index in [2.05, 4.69) is 10.6 Å². The number of carbonyl (C=O) groups is 2. The van der Waals surface area contributed by atoms with Crippen LogP contribution in [0.15, 0.2) is 53.4 Å². The summed E-state index contributed by atoms with van der Waals surface area (Å²) in [5.74, 6) is 0.430. The molecule has 0 atom stereocenters. The van der Waals surface area contributed by atoms with Crippen molar-refractivity contribution in [3.05, 3.63) is 54.1 Å². The summed E-state index contributed by atoms with van der Waals surface area (Å²) in [6.45, 7) is 1.51. The van der Waals surface area contributed by atoms with E-state index >= 15 is 0 Å². The van der Waals surface area contributed by atoms with Crippen LogP contribution in [0, 0.1) is 0 Å². The molecule has 0 aromatic heterocycles. The molecule has 7 nitrogen and oxygen atoms in total. The van der Waals surface area contributed by atoms with Crippen molar-refractivity contribution >= 4 is 35.1 Å². The van der Waals surface area contributed by atoms with E-state index in [0.29, 0.717) is 38.2 Å². The van der Waals surface area contributed by atoms with Gasteiger partial charge in [-0.15, -0.1) is 11.8 Å². The maximum absolute atomic E-state index is 12.3. The molecule has 0 unspecified atom stereocenters. The van der Waals surface area contributed by atoms with Crippen LogP contribution in [-0.2, 0) is 16.1 Å². The van der Waals surface area contributed by atoms with Crippen LogP contribution >= 0.6 is 11.8 Å². The Morgan fingerprint density at radius 2 is 1.97 bits per heavy atom. The summed E-state index contributed by atoms with van der Waals surface area (Å²) >= 11 is 1.52. The summed E-state index contributed by atoms with van der Waals surface area (Å²) < 4.78 is 5.38. The zero-order chi connectivity index (χ0) is 21.0. The van der Waals surface area contributed by atoms with Gasteiger partial charge in [0.1, 0.15) is 6.61 Å². The van der Waals surface area contributed by atoms with Gasteiger partial charge in [-0.2, -0.15) is 0 Å². The first-order valence-electron chi connectivity index (χ1n) is 9.99. The highest BCUT2D eigenvalue weighted by Crippen LogP contribution is 2.33. The van der Waals surface area contributed by atoms with Gasteiger partial charge in [-0.3, -0.25) is 4.79 Å². The van der Waals surface area contributed by atoms with Gasteiger partial charge in [0.2, 0.25) is 5.91 Å². The lowest BCUT2D eigenvalue weighted by Gasteiger charge is -2.38. The number of carbonyl (C=O) groups excluding carboxylic acids is 2. The number of likely N-dealkylation sites (tertiary alicyclic amines) is 1. The van der Waals surface area contributed by atoms with E-state index in [1.165, 1.54) is 11.8 Å². The van der Waals surface area contributed by atoms with Crippen LogP contribution in [-0.4, -0.2) is 53.0 Å². The predicted octanol–water partition coefficient (Wildman–Crippen LogP) is 3.31. The van der Waals surface area contributed by atoms with Gasteiger partial charge >= 0.3 is 6.09 Å². The lowest BCUT2D eigenvalue weighted by Crippen LogP contribution is -2.50. The molecule has 0 radical (unpaired) electrons. The fourth-order valence-corrected chi connectivity index (χ4v) is 4.34. The topological polar surface area (TPSA) is 90.9 Å². The Bertz CT molecular complexity index is 914. The summed E-state index contributed by atoms with van der Waals surface area (Å²) in [5.41, 5.74) is 1.69. The number of thioether (sulfide) groups is 1. The molecule has 0 saturated carbocycles. The van der Waals surface area contributed by atoms with Crippen LogP contribution in [0.3, 0.4) is 0 Å². The molecule has 30 heavy (non-hydrogen) atoms. The quantitative estimate of drug-likeness (QED) is 0.678. The molecule has 0 aliphatic carbocycles. The van der Waals surface area contributed by atoms with Crippen LogP contribution in [0.25, 0.3) is 0 Å². The van der Waals surface area contributed by atoms with Gasteiger partial charge in [0, 0.05) is 30.2 Å². The van der Waals surface area contributed by atoms with Gasteiger partial charge < -0.3 is 25.4 Å². The number of hydrogen-bond donors (Lipinski definition) is 3. The summed E-state index contributed by atoms with van der Waals surface area (Å²) in [6.07, 6.45) is 0.590. The Morgan fingerprint density at radius 3 is 2.73 bits per heavy atom. The highest BCUT2D eigenvalue weighted by molar-refractivity contribution is 8.00. The van der Waals surface area contributed by atoms with Gasteiger partial charge in [0.05, 0.1) is 17.0 Å². The highest BCUT2D eigenvalue weighted by atomic mass is 32.2. The minimum atomic E-state index is -0.899. The molecule has 0 bridgehead atoms. The number of rotatable bonds is 5. The first kappa shape index (κ1) is 20.6. The first-order valence-corrected chi connectivity index (χ1v) is 11.0. The molecule has 3 N–H and O–H groups in total. The Labute approximate surface area is 179 Å². The third-order valence-corrected chi connectivity index (χ3v) is 6.47. The van der Waals surface area contributed by atoms with Crippen molar-refractivity contribution in [1.29, 1.82) is 0 Å². The fourth-order valence-electron chi connectivity index (χ4n) is 3.55. The van der Waals surface area contributed by atoms with Crippen LogP contribution in [0.4, 0.5) is 16.2 Å². The van der Waals surface area contributed by atoms with Crippen LogP contribution in [0.1, 0.15) is 18.4 Å². The normalized spacial score (nSPS) is 17.6. The first-order chi connectivity index (χ1) is 14.5.